The zero-order valence-corrected chi connectivity index (χ0v) is 8.82. The van der Waals surface area contributed by atoms with Gasteiger partial charge in [0.05, 0.1) is 0 Å². The largest absolute Gasteiger partial charge is 0.485 e. The topological polar surface area (TPSA) is 9.23 Å². The van der Waals surface area contributed by atoms with Crippen molar-refractivity contribution in [3.63, 3.8) is 0 Å². The monoisotopic (exact) mass is 200 g/mol. The lowest BCUT2D eigenvalue weighted by atomic mass is 10.1. The van der Waals surface area contributed by atoms with Crippen LogP contribution < -0.4 is 4.74 Å². The second-order valence-corrected chi connectivity index (χ2v) is 4.27. The smallest absolute Gasteiger partial charge is 0.200 e. The van der Waals surface area contributed by atoms with Crippen LogP contribution in [0.5, 0.6) is 5.75 Å². The van der Waals surface area contributed by atoms with Crippen LogP contribution in [0.25, 0.3) is 0 Å². The summed E-state index contributed by atoms with van der Waals surface area (Å²) in [4.78, 5) is 0. The first-order valence-electron chi connectivity index (χ1n) is 4.44. The average molecular weight is 200 g/mol. The van der Waals surface area contributed by atoms with Crippen LogP contribution in [0, 0.1) is 18.6 Å². The molecule has 0 radical (unpaired) electrons. The van der Waals surface area contributed by atoms with Gasteiger partial charge < -0.3 is 4.74 Å². The lowest BCUT2D eigenvalue weighted by Gasteiger charge is -2.21. The Bertz CT molecular complexity index is 340. The van der Waals surface area contributed by atoms with Crippen LogP contribution in [0.3, 0.4) is 0 Å². The zero-order valence-electron chi connectivity index (χ0n) is 8.82. The third-order valence-corrected chi connectivity index (χ3v) is 1.56. The summed E-state index contributed by atoms with van der Waals surface area (Å²) in [6.45, 7) is 7.05. The van der Waals surface area contributed by atoms with Crippen LogP contribution in [0.4, 0.5) is 8.78 Å². The molecule has 0 saturated heterocycles. The van der Waals surface area contributed by atoms with E-state index in [2.05, 4.69) is 0 Å². The molecule has 0 unspecified atom stereocenters. The minimum absolute atomic E-state index is 0.0324. The van der Waals surface area contributed by atoms with Gasteiger partial charge in [0, 0.05) is 0 Å². The third kappa shape index (κ3) is 2.69. The Kier molecular flexibility index (Phi) is 2.79. The minimum atomic E-state index is -0.925. The molecule has 0 bridgehead atoms. The number of benzene rings is 1. The van der Waals surface area contributed by atoms with Crippen LogP contribution in [0.1, 0.15) is 26.3 Å². The van der Waals surface area contributed by atoms with E-state index in [0.717, 1.165) is 6.07 Å². The van der Waals surface area contributed by atoms with Crippen molar-refractivity contribution < 1.29 is 13.5 Å². The zero-order chi connectivity index (χ0) is 10.9. The van der Waals surface area contributed by atoms with Gasteiger partial charge in [-0.1, -0.05) is 0 Å². The van der Waals surface area contributed by atoms with E-state index >= 15 is 0 Å². The van der Waals surface area contributed by atoms with Crippen LogP contribution >= 0.6 is 0 Å². The molecule has 0 saturated carbocycles. The third-order valence-electron chi connectivity index (χ3n) is 1.56. The summed E-state index contributed by atoms with van der Waals surface area (Å²) >= 11 is 0. The molecule has 1 rings (SSSR count). The summed E-state index contributed by atoms with van der Waals surface area (Å²) in [5, 5.41) is 0. The minimum Gasteiger partial charge on any atom is -0.485 e. The summed E-state index contributed by atoms with van der Waals surface area (Å²) in [5.41, 5.74) is 0.115. The Labute approximate surface area is 82.7 Å². The number of rotatable bonds is 1. The fourth-order valence-electron chi connectivity index (χ4n) is 1.10. The van der Waals surface area contributed by atoms with Gasteiger partial charge in [0.1, 0.15) is 5.60 Å². The Hall–Kier alpha value is -1.12. The molecule has 0 aliphatic carbocycles. The quantitative estimate of drug-likeness (QED) is 0.674. The average Bonchev–Trinajstić information content (AvgIpc) is 1.96. The second kappa shape index (κ2) is 3.56. The number of aryl methyl sites for hydroxylation is 1. The van der Waals surface area contributed by atoms with Crippen molar-refractivity contribution in [2.45, 2.75) is 33.3 Å². The van der Waals surface area contributed by atoms with Gasteiger partial charge in [-0.25, -0.2) is 4.39 Å². The molecule has 14 heavy (non-hydrogen) atoms. The van der Waals surface area contributed by atoms with Gasteiger partial charge in [0.15, 0.2) is 11.6 Å². The molecular formula is C11H14F2O. The molecule has 0 N–H and O–H groups in total. The van der Waals surface area contributed by atoms with E-state index in [1.54, 1.807) is 27.7 Å². The summed E-state index contributed by atoms with van der Waals surface area (Å²) in [6, 6.07) is 2.63. The summed E-state index contributed by atoms with van der Waals surface area (Å²) in [7, 11) is 0. The fraction of sp³-hybridized carbons (Fsp3) is 0.455. The molecule has 0 heterocycles. The van der Waals surface area contributed by atoms with Crippen molar-refractivity contribution in [2.24, 2.45) is 0 Å². The Morgan fingerprint density at radius 3 is 2.21 bits per heavy atom. The van der Waals surface area contributed by atoms with E-state index < -0.39 is 17.2 Å². The van der Waals surface area contributed by atoms with E-state index in [-0.39, 0.29) is 5.75 Å². The van der Waals surface area contributed by atoms with Gasteiger partial charge in [0.2, 0.25) is 5.82 Å². The van der Waals surface area contributed by atoms with E-state index in [9.17, 15) is 8.78 Å². The van der Waals surface area contributed by atoms with Crippen molar-refractivity contribution in [1.82, 2.24) is 0 Å². The molecule has 0 fully saturated rings. The number of halogens is 2. The highest BCUT2D eigenvalue weighted by Gasteiger charge is 2.17. The maximum absolute atomic E-state index is 13.2. The van der Waals surface area contributed by atoms with Gasteiger partial charge in [0.25, 0.3) is 0 Å². The Morgan fingerprint density at radius 1 is 1.14 bits per heavy atom. The van der Waals surface area contributed by atoms with E-state index in [0.29, 0.717) is 5.56 Å². The lowest BCUT2D eigenvalue weighted by molar-refractivity contribution is 0.123. The van der Waals surface area contributed by atoms with Crippen molar-refractivity contribution in [2.75, 3.05) is 0 Å². The Morgan fingerprint density at radius 2 is 1.71 bits per heavy atom. The number of hydrogen-bond acceptors (Lipinski definition) is 1. The van der Waals surface area contributed by atoms with Crippen LogP contribution in [-0.2, 0) is 0 Å². The molecule has 0 aliphatic heterocycles. The van der Waals surface area contributed by atoms with Crippen molar-refractivity contribution in [3.05, 3.63) is 29.3 Å². The van der Waals surface area contributed by atoms with Gasteiger partial charge in [-0.2, -0.15) is 4.39 Å². The SMILES string of the molecule is Cc1cc(F)c(F)c(OC(C)(C)C)c1. The van der Waals surface area contributed by atoms with E-state index in [1.165, 1.54) is 6.07 Å². The summed E-state index contributed by atoms with van der Waals surface area (Å²) in [6.07, 6.45) is 0. The first kappa shape index (κ1) is 11.0. The standard InChI is InChI=1S/C11H14F2O/c1-7-5-8(12)10(13)9(6-7)14-11(2,3)4/h5-6H,1-4H3. The van der Waals surface area contributed by atoms with Crippen LogP contribution in [-0.4, -0.2) is 5.60 Å². The molecule has 1 nitrogen and oxygen atoms in total. The van der Waals surface area contributed by atoms with Crippen molar-refractivity contribution in [3.8, 4) is 5.75 Å². The number of hydrogen-bond donors (Lipinski definition) is 0. The molecule has 0 aromatic heterocycles. The van der Waals surface area contributed by atoms with Gasteiger partial charge in [-0.05, 0) is 45.4 Å². The highest BCUT2D eigenvalue weighted by Crippen LogP contribution is 2.25. The predicted octanol–water partition coefficient (Wildman–Crippen LogP) is 3.45. The molecule has 3 heteroatoms. The molecule has 0 spiro atoms. The highest BCUT2D eigenvalue weighted by atomic mass is 19.2. The summed E-state index contributed by atoms with van der Waals surface area (Å²) in [5.74, 6) is -1.83. The molecule has 0 amide bonds. The first-order valence-corrected chi connectivity index (χ1v) is 4.44. The van der Waals surface area contributed by atoms with Crippen molar-refractivity contribution >= 4 is 0 Å². The van der Waals surface area contributed by atoms with Gasteiger partial charge in [-0.3, -0.25) is 0 Å². The van der Waals surface area contributed by atoms with Crippen LogP contribution in [0.2, 0.25) is 0 Å². The highest BCUT2D eigenvalue weighted by molar-refractivity contribution is 5.31. The molecule has 0 aliphatic rings. The molecule has 78 valence electrons. The lowest BCUT2D eigenvalue weighted by Crippen LogP contribution is -2.23. The van der Waals surface area contributed by atoms with E-state index in [1.807, 2.05) is 0 Å². The maximum Gasteiger partial charge on any atom is 0.200 e. The van der Waals surface area contributed by atoms with Gasteiger partial charge >= 0.3 is 0 Å². The molecule has 1 aromatic rings. The number of ether oxygens (including phenoxy) is 1. The van der Waals surface area contributed by atoms with E-state index in [4.69, 9.17) is 4.74 Å². The predicted molar refractivity (Wildman–Crippen MR) is 51.5 cm³/mol. The molecule has 0 atom stereocenters. The summed E-state index contributed by atoms with van der Waals surface area (Å²) < 4.78 is 31.5. The molecular weight excluding hydrogens is 186 g/mol. The normalized spacial score (nSPS) is 11.6. The fourth-order valence-corrected chi connectivity index (χ4v) is 1.10. The maximum atomic E-state index is 13.2. The van der Waals surface area contributed by atoms with Crippen LogP contribution in [0.15, 0.2) is 12.1 Å². The Balaban J connectivity index is 3.09. The second-order valence-electron chi connectivity index (χ2n) is 4.27. The first-order chi connectivity index (χ1) is 6.29. The van der Waals surface area contributed by atoms with Crippen molar-refractivity contribution in [1.29, 1.82) is 0 Å². The molecule has 1 aromatic carbocycles. The van der Waals surface area contributed by atoms with Gasteiger partial charge in [-0.15, -0.1) is 0 Å².